The van der Waals surface area contributed by atoms with E-state index in [1.54, 1.807) is 11.3 Å². The molecule has 14 heavy (non-hydrogen) atoms. The summed E-state index contributed by atoms with van der Waals surface area (Å²) in [5.74, 6) is 0. The van der Waals surface area contributed by atoms with Crippen LogP contribution in [-0.2, 0) is 5.67 Å². The Hall–Kier alpha value is -0.410. The zero-order valence-corrected chi connectivity index (χ0v) is 8.82. The van der Waals surface area contributed by atoms with Crippen LogP contribution in [0.3, 0.4) is 0 Å². The fourth-order valence-electron chi connectivity index (χ4n) is 2.82. The molecule has 76 valence electrons. The molecule has 0 amide bonds. The Bertz CT molecular complexity index is 310. The predicted octanol–water partition coefficient (Wildman–Crippen LogP) is 2.83. The highest BCUT2D eigenvalue weighted by Crippen LogP contribution is 2.45. The van der Waals surface area contributed by atoms with Crippen molar-refractivity contribution in [3.05, 3.63) is 22.4 Å². The molecule has 0 spiro atoms. The van der Waals surface area contributed by atoms with Crippen LogP contribution in [0.15, 0.2) is 17.5 Å². The summed E-state index contributed by atoms with van der Waals surface area (Å²) >= 11 is 1.56. The highest BCUT2D eigenvalue weighted by Gasteiger charge is 2.45. The van der Waals surface area contributed by atoms with E-state index in [1.165, 1.54) is 0 Å². The summed E-state index contributed by atoms with van der Waals surface area (Å²) in [6.45, 7) is 0. The van der Waals surface area contributed by atoms with Crippen LogP contribution < -0.4 is 5.32 Å². The van der Waals surface area contributed by atoms with E-state index in [-0.39, 0.29) is 0 Å². The van der Waals surface area contributed by atoms with Gasteiger partial charge >= 0.3 is 0 Å². The largest absolute Gasteiger partial charge is 0.311 e. The Kier molecular flexibility index (Phi) is 1.92. The van der Waals surface area contributed by atoms with Crippen LogP contribution in [-0.4, -0.2) is 12.1 Å². The molecule has 0 aliphatic carbocycles. The van der Waals surface area contributed by atoms with Crippen molar-refractivity contribution in [2.24, 2.45) is 0 Å². The average molecular weight is 211 g/mol. The SMILES string of the molecule is FC1(c2cccs2)CC2CCC(C1)N2. The zero-order valence-electron chi connectivity index (χ0n) is 8.00. The molecule has 2 saturated heterocycles. The Labute approximate surface area is 87.3 Å². The van der Waals surface area contributed by atoms with E-state index in [0.717, 1.165) is 17.7 Å². The van der Waals surface area contributed by atoms with E-state index in [9.17, 15) is 4.39 Å². The molecule has 3 heterocycles. The van der Waals surface area contributed by atoms with Crippen LogP contribution in [0.1, 0.15) is 30.6 Å². The maximum absolute atomic E-state index is 14.6. The summed E-state index contributed by atoms with van der Waals surface area (Å²) in [7, 11) is 0. The summed E-state index contributed by atoms with van der Waals surface area (Å²) in [4.78, 5) is 0.927. The van der Waals surface area contributed by atoms with Gasteiger partial charge in [-0.25, -0.2) is 4.39 Å². The molecule has 1 nitrogen and oxygen atoms in total. The minimum absolute atomic E-state index is 0.417. The number of alkyl halides is 1. The van der Waals surface area contributed by atoms with E-state index in [1.807, 2.05) is 17.5 Å². The molecular weight excluding hydrogens is 197 g/mol. The molecule has 2 fully saturated rings. The van der Waals surface area contributed by atoms with E-state index in [0.29, 0.717) is 24.9 Å². The molecule has 1 aromatic heterocycles. The number of hydrogen-bond acceptors (Lipinski definition) is 2. The third-order valence-corrected chi connectivity index (χ3v) is 4.49. The van der Waals surface area contributed by atoms with Crippen molar-refractivity contribution >= 4 is 11.3 Å². The first-order valence-corrected chi connectivity index (χ1v) is 6.13. The summed E-state index contributed by atoms with van der Waals surface area (Å²) in [5, 5.41) is 5.44. The van der Waals surface area contributed by atoms with Crippen LogP contribution in [0, 0.1) is 0 Å². The molecule has 3 rings (SSSR count). The van der Waals surface area contributed by atoms with Crippen molar-refractivity contribution in [3.8, 4) is 0 Å². The monoisotopic (exact) mass is 211 g/mol. The molecule has 1 N–H and O–H groups in total. The Balaban J connectivity index is 1.90. The van der Waals surface area contributed by atoms with Crippen molar-refractivity contribution in [2.75, 3.05) is 0 Å². The molecule has 3 heteroatoms. The minimum Gasteiger partial charge on any atom is -0.311 e. The molecule has 2 unspecified atom stereocenters. The lowest BCUT2D eigenvalue weighted by Gasteiger charge is -2.34. The van der Waals surface area contributed by atoms with E-state index in [4.69, 9.17) is 0 Å². The van der Waals surface area contributed by atoms with Crippen molar-refractivity contribution in [1.82, 2.24) is 5.32 Å². The van der Waals surface area contributed by atoms with Gasteiger partial charge in [-0.15, -0.1) is 11.3 Å². The lowest BCUT2D eigenvalue weighted by molar-refractivity contribution is 0.0913. The molecule has 0 saturated carbocycles. The third kappa shape index (κ3) is 1.30. The topological polar surface area (TPSA) is 12.0 Å². The molecule has 2 aliphatic rings. The van der Waals surface area contributed by atoms with Gasteiger partial charge in [0.15, 0.2) is 0 Å². The Morgan fingerprint density at radius 2 is 2.07 bits per heavy atom. The normalized spacial score (nSPS) is 41.5. The van der Waals surface area contributed by atoms with Gasteiger partial charge in [-0.1, -0.05) is 6.07 Å². The average Bonchev–Trinajstić information content (AvgIpc) is 2.75. The number of rotatable bonds is 1. The lowest BCUT2D eigenvalue weighted by Crippen LogP contribution is -2.44. The molecule has 2 bridgehead atoms. The Morgan fingerprint density at radius 3 is 2.64 bits per heavy atom. The maximum Gasteiger partial charge on any atom is 0.148 e. The van der Waals surface area contributed by atoms with Crippen LogP contribution in [0.25, 0.3) is 0 Å². The first-order chi connectivity index (χ1) is 6.76. The van der Waals surface area contributed by atoms with Gasteiger partial charge in [0.2, 0.25) is 0 Å². The highest BCUT2D eigenvalue weighted by molar-refractivity contribution is 7.10. The van der Waals surface area contributed by atoms with Gasteiger partial charge < -0.3 is 5.32 Å². The first-order valence-electron chi connectivity index (χ1n) is 5.25. The smallest absolute Gasteiger partial charge is 0.148 e. The third-order valence-electron chi connectivity index (χ3n) is 3.44. The molecule has 2 aliphatic heterocycles. The maximum atomic E-state index is 14.6. The molecular formula is C11H14FNS. The van der Waals surface area contributed by atoms with E-state index < -0.39 is 5.67 Å². The Morgan fingerprint density at radius 1 is 1.36 bits per heavy atom. The zero-order chi connectivity index (χ0) is 9.60. The number of halogens is 1. The van der Waals surface area contributed by atoms with E-state index in [2.05, 4.69) is 5.32 Å². The van der Waals surface area contributed by atoms with Crippen LogP contribution in [0.5, 0.6) is 0 Å². The van der Waals surface area contributed by atoms with Gasteiger partial charge in [-0.3, -0.25) is 0 Å². The summed E-state index contributed by atoms with van der Waals surface area (Å²) in [6, 6.07) is 4.72. The van der Waals surface area contributed by atoms with Crippen LogP contribution in [0.2, 0.25) is 0 Å². The number of thiophene rings is 1. The second-order valence-electron chi connectivity index (χ2n) is 4.49. The van der Waals surface area contributed by atoms with E-state index >= 15 is 0 Å². The molecule has 0 radical (unpaired) electrons. The highest BCUT2D eigenvalue weighted by atomic mass is 32.1. The first kappa shape index (κ1) is 8.86. The van der Waals surface area contributed by atoms with Gasteiger partial charge in [0.05, 0.1) is 0 Å². The number of nitrogens with one attached hydrogen (secondary N) is 1. The van der Waals surface area contributed by atoms with Gasteiger partial charge in [-0.05, 0) is 24.3 Å². The number of piperidine rings is 1. The standard InChI is InChI=1S/C11H14FNS/c12-11(10-2-1-5-14-10)6-8-3-4-9(7-11)13-8/h1-2,5,8-9,13H,3-4,6-7H2. The van der Waals surface area contributed by atoms with Gasteiger partial charge in [0, 0.05) is 29.8 Å². The van der Waals surface area contributed by atoms with Crippen LogP contribution >= 0.6 is 11.3 Å². The molecule has 2 atom stereocenters. The second-order valence-corrected chi connectivity index (χ2v) is 5.44. The summed E-state index contributed by atoms with van der Waals surface area (Å²) in [6.07, 6.45) is 3.65. The molecule has 0 aromatic carbocycles. The lowest BCUT2D eigenvalue weighted by atomic mass is 9.88. The summed E-state index contributed by atoms with van der Waals surface area (Å²) < 4.78 is 14.6. The summed E-state index contributed by atoms with van der Waals surface area (Å²) in [5.41, 5.74) is -1.04. The van der Waals surface area contributed by atoms with Gasteiger partial charge in [-0.2, -0.15) is 0 Å². The van der Waals surface area contributed by atoms with Crippen molar-refractivity contribution in [2.45, 2.75) is 43.4 Å². The fourth-order valence-corrected chi connectivity index (χ4v) is 3.66. The molecule has 1 aromatic rings. The van der Waals surface area contributed by atoms with Gasteiger partial charge in [0.25, 0.3) is 0 Å². The van der Waals surface area contributed by atoms with Crippen LogP contribution in [0.4, 0.5) is 4.39 Å². The fraction of sp³-hybridized carbons (Fsp3) is 0.636. The number of hydrogen-bond donors (Lipinski definition) is 1. The van der Waals surface area contributed by atoms with Crippen molar-refractivity contribution in [3.63, 3.8) is 0 Å². The number of fused-ring (bicyclic) bond motifs is 2. The predicted molar refractivity (Wildman–Crippen MR) is 56.3 cm³/mol. The van der Waals surface area contributed by atoms with Gasteiger partial charge in [0.1, 0.15) is 5.67 Å². The minimum atomic E-state index is -1.04. The van der Waals surface area contributed by atoms with Crippen molar-refractivity contribution in [1.29, 1.82) is 0 Å². The van der Waals surface area contributed by atoms with Crippen molar-refractivity contribution < 1.29 is 4.39 Å². The quantitative estimate of drug-likeness (QED) is 0.753. The second kappa shape index (κ2) is 3.04.